The van der Waals surface area contributed by atoms with Crippen molar-refractivity contribution < 1.29 is 4.79 Å². The molecule has 0 atom stereocenters. The van der Waals surface area contributed by atoms with Crippen LogP contribution < -0.4 is 15.4 Å². The molecule has 1 saturated heterocycles. The number of likely N-dealkylation sites (tertiary alicyclic amines) is 1. The number of anilines is 3. The molecule has 8 heteroatoms. The van der Waals surface area contributed by atoms with Gasteiger partial charge in [-0.05, 0) is 86.2 Å². The molecule has 49 heavy (non-hydrogen) atoms. The van der Waals surface area contributed by atoms with Gasteiger partial charge in [0, 0.05) is 67.0 Å². The lowest BCUT2D eigenvalue weighted by atomic mass is 9.99. The van der Waals surface area contributed by atoms with Gasteiger partial charge >= 0.3 is 0 Å². The van der Waals surface area contributed by atoms with Crippen LogP contribution >= 0.6 is 11.9 Å². The summed E-state index contributed by atoms with van der Waals surface area (Å²) in [6, 6.07) is 28.4. The van der Waals surface area contributed by atoms with Crippen molar-refractivity contribution in [2.45, 2.75) is 85.2 Å². The Morgan fingerprint density at radius 3 is 2.14 bits per heavy atom. The van der Waals surface area contributed by atoms with Crippen molar-refractivity contribution in [1.82, 2.24) is 14.9 Å². The van der Waals surface area contributed by atoms with Crippen molar-refractivity contribution in [3.05, 3.63) is 120 Å². The summed E-state index contributed by atoms with van der Waals surface area (Å²) in [5.41, 5.74) is 15.7. The highest BCUT2D eigenvalue weighted by Gasteiger charge is 2.30. The van der Waals surface area contributed by atoms with Crippen molar-refractivity contribution in [3.63, 3.8) is 0 Å². The molecule has 6 rings (SSSR count). The summed E-state index contributed by atoms with van der Waals surface area (Å²) in [7, 11) is 0. The van der Waals surface area contributed by atoms with E-state index >= 15 is 0 Å². The van der Waals surface area contributed by atoms with Gasteiger partial charge in [0.2, 0.25) is 0 Å². The molecule has 3 N–H and O–H groups in total. The molecule has 0 amide bonds. The molecule has 4 aromatic rings. The Morgan fingerprint density at radius 2 is 1.59 bits per heavy atom. The second-order valence-electron chi connectivity index (χ2n) is 11.7. The number of carbonyl (C=O) groups is 1. The predicted molar refractivity (Wildman–Crippen MR) is 211 cm³/mol. The molecule has 0 spiro atoms. The summed E-state index contributed by atoms with van der Waals surface area (Å²) in [4.78, 5) is 23.7. The van der Waals surface area contributed by atoms with Crippen LogP contribution in [0.5, 0.6) is 0 Å². The third-order valence-electron chi connectivity index (χ3n) is 8.30. The Bertz CT molecular complexity index is 1530. The number of nitrogens with zero attached hydrogens (tertiary/aromatic N) is 4. The number of benzene rings is 2. The first kappa shape index (κ1) is 39.3. The summed E-state index contributed by atoms with van der Waals surface area (Å²) < 4.78 is 3.29. The highest BCUT2D eigenvalue weighted by Crippen LogP contribution is 2.41. The normalized spacial score (nSPS) is 14.1. The van der Waals surface area contributed by atoms with E-state index < -0.39 is 0 Å². The largest absolute Gasteiger partial charge is 0.397 e. The SMILES string of the molecule is C=C(N)c1ccc(N(c2ccccc2)C2CCN(Cc3ccc(Cc4ccc(NSC)cc4)nc3C3CC3)CC2)cn1.CC.CC.CC=O. The van der Waals surface area contributed by atoms with Gasteiger partial charge in [0.05, 0.1) is 23.3 Å². The first-order valence-electron chi connectivity index (χ1n) is 17.7. The molecule has 0 radical (unpaired) electrons. The second kappa shape index (κ2) is 21.1. The van der Waals surface area contributed by atoms with Crippen molar-refractivity contribution in [3.8, 4) is 0 Å². The predicted octanol–water partition coefficient (Wildman–Crippen LogP) is 9.62. The first-order chi connectivity index (χ1) is 24.0. The van der Waals surface area contributed by atoms with Crippen LogP contribution in [0.2, 0.25) is 0 Å². The molecule has 3 heterocycles. The molecular formula is C41H56N6OS. The number of nitrogens with one attached hydrogen (secondary N) is 1. The van der Waals surface area contributed by atoms with E-state index in [0.717, 1.165) is 62.3 Å². The molecule has 1 aliphatic heterocycles. The average Bonchev–Trinajstić information content (AvgIpc) is 3.99. The molecule has 2 aliphatic rings. The monoisotopic (exact) mass is 680 g/mol. The van der Waals surface area contributed by atoms with Crippen molar-refractivity contribution in [2.75, 3.05) is 29.0 Å². The lowest BCUT2D eigenvalue weighted by molar-refractivity contribution is -0.106. The van der Waals surface area contributed by atoms with E-state index in [0.29, 0.717) is 17.7 Å². The maximum Gasteiger partial charge on any atom is 0.116 e. The van der Waals surface area contributed by atoms with Crippen LogP contribution in [0.15, 0.2) is 91.6 Å². The van der Waals surface area contributed by atoms with Gasteiger partial charge in [-0.3, -0.25) is 14.9 Å². The Hall–Kier alpha value is -4.14. The third-order valence-corrected chi connectivity index (χ3v) is 8.74. The van der Waals surface area contributed by atoms with Gasteiger partial charge in [0.15, 0.2) is 0 Å². The fourth-order valence-corrected chi connectivity index (χ4v) is 6.33. The molecular weight excluding hydrogens is 625 g/mol. The maximum absolute atomic E-state index is 8.81. The Kier molecular flexibility index (Phi) is 16.9. The lowest BCUT2D eigenvalue weighted by Gasteiger charge is -2.40. The molecule has 0 bridgehead atoms. The molecule has 1 aliphatic carbocycles. The maximum atomic E-state index is 8.81. The molecule has 2 fully saturated rings. The number of aldehydes is 1. The van der Waals surface area contributed by atoms with E-state index in [4.69, 9.17) is 15.5 Å². The van der Waals surface area contributed by atoms with E-state index in [1.54, 1.807) is 11.9 Å². The van der Waals surface area contributed by atoms with Crippen LogP contribution in [-0.2, 0) is 17.8 Å². The van der Waals surface area contributed by atoms with Crippen LogP contribution in [0.4, 0.5) is 17.1 Å². The molecule has 2 aromatic carbocycles. The summed E-state index contributed by atoms with van der Waals surface area (Å²) in [6.07, 6.45) is 10.3. The fourth-order valence-electron chi connectivity index (χ4n) is 5.96. The van der Waals surface area contributed by atoms with E-state index in [2.05, 4.69) is 98.9 Å². The van der Waals surface area contributed by atoms with Gasteiger partial charge in [-0.2, -0.15) is 0 Å². The zero-order chi connectivity index (χ0) is 35.6. The Balaban J connectivity index is 0.000000867. The number of hydrogen-bond donors (Lipinski definition) is 2. The van der Waals surface area contributed by atoms with Crippen LogP contribution in [0.25, 0.3) is 5.70 Å². The molecule has 1 saturated carbocycles. The smallest absolute Gasteiger partial charge is 0.116 e. The standard InChI is InChI=1S/C35H40N6S.C2H4O.2C2H6/c1-25(36)34-17-16-33(23-37-34)41(31-6-4-3-5-7-31)32-18-20-40(21-19-32)24-28-12-15-30(38-35(28)27-10-11-27)22-26-8-13-29(14-9-26)39-42-2;1-2-3;2*1-2/h3-9,12-17,23,27,32,39H,1,10-11,18-22,24,36H2,2H3;2H,1H3;2*1-2H3. The number of pyridine rings is 2. The van der Waals surface area contributed by atoms with E-state index in [-0.39, 0.29) is 0 Å². The number of piperidine rings is 1. The molecule has 7 nitrogen and oxygen atoms in total. The average molecular weight is 681 g/mol. The van der Waals surface area contributed by atoms with E-state index in [1.807, 2.05) is 46.2 Å². The topological polar surface area (TPSA) is 87.4 Å². The molecule has 262 valence electrons. The fraction of sp³-hybridized carbons (Fsp3) is 0.390. The minimum atomic E-state index is 0.401. The molecule has 2 aromatic heterocycles. The van der Waals surface area contributed by atoms with Crippen LogP contribution in [0.3, 0.4) is 0 Å². The van der Waals surface area contributed by atoms with E-state index in [9.17, 15) is 0 Å². The Morgan fingerprint density at radius 1 is 0.939 bits per heavy atom. The number of aromatic nitrogens is 2. The zero-order valence-corrected chi connectivity index (χ0v) is 31.2. The van der Waals surface area contributed by atoms with Gasteiger partial charge in [0.1, 0.15) is 6.29 Å². The van der Waals surface area contributed by atoms with Crippen LogP contribution in [-0.4, -0.2) is 46.5 Å². The first-order valence-corrected chi connectivity index (χ1v) is 18.9. The zero-order valence-electron chi connectivity index (χ0n) is 30.4. The van der Waals surface area contributed by atoms with Gasteiger partial charge in [-0.1, -0.05) is 82.6 Å². The number of carbonyl (C=O) groups excluding carboxylic acids is 1. The summed E-state index contributed by atoms with van der Waals surface area (Å²) >= 11 is 1.62. The highest BCUT2D eigenvalue weighted by molar-refractivity contribution is 7.99. The Labute approximate surface area is 299 Å². The third kappa shape index (κ3) is 11.8. The lowest BCUT2D eigenvalue weighted by Crippen LogP contribution is -2.43. The highest BCUT2D eigenvalue weighted by atomic mass is 32.2. The minimum absolute atomic E-state index is 0.401. The van der Waals surface area contributed by atoms with E-state index in [1.165, 1.54) is 48.0 Å². The summed E-state index contributed by atoms with van der Waals surface area (Å²) in [5, 5.41) is 0. The number of nitrogens with two attached hydrogens (primary N) is 1. The second-order valence-corrected chi connectivity index (χ2v) is 12.3. The van der Waals surface area contributed by atoms with Crippen LogP contribution in [0, 0.1) is 0 Å². The van der Waals surface area contributed by atoms with Crippen molar-refractivity contribution >= 4 is 41.0 Å². The van der Waals surface area contributed by atoms with Gasteiger partial charge in [0.25, 0.3) is 0 Å². The summed E-state index contributed by atoms with van der Waals surface area (Å²) in [5.74, 6) is 0.624. The number of hydrogen-bond acceptors (Lipinski definition) is 8. The van der Waals surface area contributed by atoms with Gasteiger partial charge < -0.3 is 20.2 Å². The van der Waals surface area contributed by atoms with Crippen molar-refractivity contribution in [1.29, 1.82) is 0 Å². The minimum Gasteiger partial charge on any atom is -0.397 e. The quantitative estimate of drug-likeness (QED) is 0.120. The molecule has 0 unspecified atom stereocenters. The number of para-hydroxylation sites is 1. The number of rotatable bonds is 11. The summed E-state index contributed by atoms with van der Waals surface area (Å²) in [6.45, 7) is 16.4. The van der Waals surface area contributed by atoms with Crippen molar-refractivity contribution in [2.24, 2.45) is 5.73 Å². The van der Waals surface area contributed by atoms with Crippen LogP contribution in [0.1, 0.15) is 94.4 Å². The van der Waals surface area contributed by atoms with Gasteiger partial charge in [-0.25, -0.2) is 0 Å². The van der Waals surface area contributed by atoms with Gasteiger partial charge in [-0.15, -0.1) is 0 Å².